The fraction of sp³-hybridized carbons (Fsp3) is 0.444. The summed E-state index contributed by atoms with van der Waals surface area (Å²) in [5.41, 5.74) is 5.74. The molecular weight excluding hydrogens is 653 g/mol. The molecule has 2 fully saturated rings. The van der Waals surface area contributed by atoms with Gasteiger partial charge in [-0.15, -0.1) is 0 Å². The lowest BCUT2D eigenvalue weighted by molar-refractivity contribution is 0.0982. The third-order valence-corrected chi connectivity index (χ3v) is 11.0. The first kappa shape index (κ1) is 35.3. The van der Waals surface area contributed by atoms with Gasteiger partial charge in [-0.3, -0.25) is 19.2 Å². The van der Waals surface area contributed by atoms with Crippen LogP contribution in [0.1, 0.15) is 37.8 Å². The van der Waals surface area contributed by atoms with E-state index in [1.807, 2.05) is 0 Å². The second-order valence-electron chi connectivity index (χ2n) is 12.9. The number of piperazine rings is 1. The summed E-state index contributed by atoms with van der Waals surface area (Å²) in [6.07, 6.45) is 10.8. The number of ether oxygens (including phenoxy) is 1. The van der Waals surface area contributed by atoms with Gasteiger partial charge in [0.25, 0.3) is 0 Å². The lowest BCUT2D eigenvalue weighted by atomic mass is 9.99. The van der Waals surface area contributed by atoms with E-state index in [9.17, 15) is 8.42 Å². The number of benzene rings is 2. The summed E-state index contributed by atoms with van der Waals surface area (Å²) < 4.78 is 33.0. The Kier molecular flexibility index (Phi) is 10.7. The normalized spacial score (nSPS) is 16.4. The zero-order chi connectivity index (χ0) is 35.4. The van der Waals surface area contributed by atoms with Crippen molar-refractivity contribution >= 4 is 61.6 Å². The van der Waals surface area contributed by atoms with Crippen LogP contribution in [0.25, 0.3) is 17.1 Å². The average molecular weight is 701 g/mol. The Morgan fingerprint density at radius 2 is 1.74 bits per heavy atom. The minimum absolute atomic E-state index is 0.206. The number of aromatic nitrogens is 4. The van der Waals surface area contributed by atoms with E-state index in [1.54, 1.807) is 50.8 Å². The summed E-state index contributed by atoms with van der Waals surface area (Å²) in [4.78, 5) is 25.9. The van der Waals surface area contributed by atoms with Crippen LogP contribution in [0, 0.1) is 0 Å². The highest BCUT2D eigenvalue weighted by Gasteiger charge is 2.28. The van der Waals surface area contributed by atoms with Crippen molar-refractivity contribution in [1.82, 2.24) is 29.7 Å². The molecular formula is C36H48N10O3S. The maximum atomic E-state index is 12.9. The van der Waals surface area contributed by atoms with Gasteiger partial charge in [-0.25, -0.2) is 13.4 Å². The first-order valence-electron chi connectivity index (χ1n) is 17.3. The van der Waals surface area contributed by atoms with E-state index in [2.05, 4.69) is 73.0 Å². The van der Waals surface area contributed by atoms with E-state index in [0.717, 1.165) is 64.2 Å². The third-order valence-electron chi connectivity index (χ3n) is 9.73. The quantitative estimate of drug-likeness (QED) is 0.203. The molecule has 0 amide bonds. The Labute approximate surface area is 295 Å². The Hall–Kier alpha value is -4.53. The Morgan fingerprint density at radius 1 is 1.00 bits per heavy atom. The number of sulfonamides is 1. The van der Waals surface area contributed by atoms with Crippen LogP contribution in [0.3, 0.4) is 0 Å². The van der Waals surface area contributed by atoms with Gasteiger partial charge in [0.05, 0.1) is 30.3 Å². The fourth-order valence-corrected chi connectivity index (χ4v) is 7.99. The summed E-state index contributed by atoms with van der Waals surface area (Å²) in [7, 11) is 0.246. The molecule has 2 N–H and O–H groups in total. The van der Waals surface area contributed by atoms with Gasteiger partial charge in [0.15, 0.2) is 0 Å². The third kappa shape index (κ3) is 7.47. The second kappa shape index (κ2) is 15.2. The van der Waals surface area contributed by atoms with Crippen LogP contribution in [0.4, 0.5) is 34.5 Å². The van der Waals surface area contributed by atoms with Gasteiger partial charge in [0.2, 0.25) is 16.0 Å². The van der Waals surface area contributed by atoms with Crippen LogP contribution in [0.15, 0.2) is 49.4 Å². The number of rotatable bonds is 12. The van der Waals surface area contributed by atoms with Crippen molar-refractivity contribution in [2.45, 2.75) is 39.2 Å². The summed E-state index contributed by atoms with van der Waals surface area (Å²) in [6, 6.07) is 8.48. The zero-order valence-corrected chi connectivity index (χ0v) is 30.5. The zero-order valence-electron chi connectivity index (χ0n) is 29.7. The first-order valence-corrected chi connectivity index (χ1v) is 19.1. The molecule has 0 atom stereocenters. The van der Waals surface area contributed by atoms with Crippen molar-refractivity contribution in [2.75, 3.05) is 86.1 Å². The standard InChI is InChI=1S/C36H48N10O3S/c1-7-25-22-30(32(49-5)23-31(25)45-16-12-27(13-17-45)44-20-18-43(4)19-21-44)41-36-39-24-26(8-2)35(42-36)40-29-11-10-28-33(38-15-14-37-28)34(29)46(9-3)50(6,47)48/h8,10-11,14-15,22-24,27H,2,7,9,12-13,16-21H2,1,3-6H3,(H2,39,40,41,42). The Bertz CT molecular complexity index is 1940. The van der Waals surface area contributed by atoms with Crippen LogP contribution in [-0.4, -0.2) is 110 Å². The molecule has 0 spiro atoms. The number of piperidine rings is 1. The maximum absolute atomic E-state index is 12.9. The number of fused-ring (bicyclic) bond motifs is 1. The number of nitrogens with zero attached hydrogens (tertiary/aromatic N) is 8. The molecule has 0 unspecified atom stereocenters. The van der Waals surface area contributed by atoms with Crippen LogP contribution < -0.4 is 24.6 Å². The molecule has 4 heterocycles. The van der Waals surface area contributed by atoms with E-state index in [-0.39, 0.29) is 6.54 Å². The largest absolute Gasteiger partial charge is 0.494 e. The number of methoxy groups -OCH3 is 1. The van der Waals surface area contributed by atoms with Crippen molar-refractivity contribution in [1.29, 1.82) is 0 Å². The maximum Gasteiger partial charge on any atom is 0.232 e. The lowest BCUT2D eigenvalue weighted by Crippen LogP contribution is -2.52. The first-order chi connectivity index (χ1) is 24.1. The molecule has 0 saturated carbocycles. The van der Waals surface area contributed by atoms with Gasteiger partial charge in [0.1, 0.15) is 22.8 Å². The molecule has 2 aliphatic rings. The molecule has 2 saturated heterocycles. The number of hydrogen-bond donors (Lipinski definition) is 2. The van der Waals surface area contributed by atoms with Gasteiger partial charge in [-0.05, 0) is 57.0 Å². The average Bonchev–Trinajstić information content (AvgIpc) is 3.12. The van der Waals surface area contributed by atoms with E-state index in [4.69, 9.17) is 9.72 Å². The summed E-state index contributed by atoms with van der Waals surface area (Å²) in [6.45, 7) is 14.7. The highest BCUT2D eigenvalue weighted by molar-refractivity contribution is 7.92. The van der Waals surface area contributed by atoms with Crippen molar-refractivity contribution in [3.05, 3.63) is 60.6 Å². The predicted molar refractivity (Wildman–Crippen MR) is 203 cm³/mol. The number of aryl methyl sites for hydroxylation is 1. The highest BCUT2D eigenvalue weighted by Crippen LogP contribution is 2.39. The van der Waals surface area contributed by atoms with E-state index < -0.39 is 10.0 Å². The molecule has 0 aliphatic carbocycles. The Morgan fingerprint density at radius 3 is 2.40 bits per heavy atom. The highest BCUT2D eigenvalue weighted by atomic mass is 32.2. The van der Waals surface area contributed by atoms with E-state index >= 15 is 0 Å². The minimum Gasteiger partial charge on any atom is -0.494 e. The number of nitrogens with one attached hydrogen (secondary N) is 2. The van der Waals surface area contributed by atoms with Crippen LogP contribution in [0.5, 0.6) is 5.75 Å². The molecule has 4 aromatic rings. The van der Waals surface area contributed by atoms with Gasteiger partial charge in [-0.1, -0.05) is 19.6 Å². The van der Waals surface area contributed by atoms with Gasteiger partial charge < -0.3 is 25.2 Å². The van der Waals surface area contributed by atoms with Gasteiger partial charge in [-0.2, -0.15) is 4.98 Å². The minimum atomic E-state index is -3.64. The van der Waals surface area contributed by atoms with Crippen LogP contribution >= 0.6 is 0 Å². The van der Waals surface area contributed by atoms with Gasteiger partial charge >= 0.3 is 0 Å². The van der Waals surface area contributed by atoms with Crippen molar-refractivity contribution in [3.63, 3.8) is 0 Å². The second-order valence-corrected chi connectivity index (χ2v) is 14.8. The summed E-state index contributed by atoms with van der Waals surface area (Å²) in [5.74, 6) is 1.49. The molecule has 0 radical (unpaired) electrons. The molecule has 2 aliphatic heterocycles. The molecule has 14 heteroatoms. The molecule has 6 rings (SSSR count). The topological polar surface area (TPSA) is 132 Å². The van der Waals surface area contributed by atoms with E-state index in [1.165, 1.54) is 21.8 Å². The smallest absolute Gasteiger partial charge is 0.232 e. The molecule has 0 bridgehead atoms. The van der Waals surface area contributed by atoms with Crippen molar-refractivity contribution in [3.8, 4) is 5.75 Å². The molecule has 50 heavy (non-hydrogen) atoms. The molecule has 2 aromatic heterocycles. The Balaban J connectivity index is 1.27. The molecule has 2 aromatic carbocycles. The SMILES string of the molecule is C=Cc1cnc(Nc2cc(CC)c(N3CCC(N4CCN(C)CC4)CC3)cc2OC)nc1Nc1ccc2nccnc2c1N(CC)S(C)(=O)=O. The lowest BCUT2D eigenvalue weighted by Gasteiger charge is -2.43. The summed E-state index contributed by atoms with van der Waals surface area (Å²) >= 11 is 0. The fourth-order valence-electron chi connectivity index (χ4n) is 7.00. The monoisotopic (exact) mass is 700 g/mol. The predicted octanol–water partition coefficient (Wildman–Crippen LogP) is 5.12. The van der Waals surface area contributed by atoms with Crippen LogP contribution in [-0.2, 0) is 16.4 Å². The summed E-state index contributed by atoms with van der Waals surface area (Å²) in [5, 5.41) is 6.73. The molecule has 13 nitrogen and oxygen atoms in total. The number of hydrogen-bond acceptors (Lipinski definition) is 12. The van der Waals surface area contributed by atoms with Crippen molar-refractivity contribution < 1.29 is 13.2 Å². The van der Waals surface area contributed by atoms with Gasteiger partial charge in [0, 0.05) is 87.8 Å². The molecule has 266 valence electrons. The van der Waals surface area contributed by atoms with E-state index in [0.29, 0.717) is 51.5 Å². The van der Waals surface area contributed by atoms with Crippen molar-refractivity contribution in [2.24, 2.45) is 0 Å². The number of anilines is 6. The van der Waals surface area contributed by atoms with Crippen LogP contribution in [0.2, 0.25) is 0 Å². The number of likely N-dealkylation sites (N-methyl/N-ethyl adjacent to an activating group) is 1.